The topological polar surface area (TPSA) is 90.7 Å². The molecule has 3 rings (SSSR count). The van der Waals surface area contributed by atoms with E-state index in [2.05, 4.69) is 20.6 Å². The van der Waals surface area contributed by atoms with Crippen molar-refractivity contribution in [2.24, 2.45) is 0 Å². The second-order valence-electron chi connectivity index (χ2n) is 5.57. The third-order valence-corrected chi connectivity index (χ3v) is 3.68. The number of nitriles is 1. The van der Waals surface area contributed by atoms with Gasteiger partial charge in [-0.15, -0.1) is 0 Å². The van der Waals surface area contributed by atoms with E-state index in [0.29, 0.717) is 5.69 Å². The largest absolute Gasteiger partial charge is 0.418 e. The van der Waals surface area contributed by atoms with Crippen molar-refractivity contribution in [2.75, 3.05) is 10.6 Å². The maximum absolute atomic E-state index is 13.0. The van der Waals surface area contributed by atoms with Crippen molar-refractivity contribution in [3.8, 4) is 6.07 Å². The number of nitrogens with one attached hydrogen (secondary N) is 2. The van der Waals surface area contributed by atoms with E-state index >= 15 is 0 Å². The van der Waals surface area contributed by atoms with Gasteiger partial charge in [0.25, 0.3) is 5.91 Å². The molecule has 0 unspecified atom stereocenters. The molecule has 1 heterocycles. The second kappa shape index (κ2) is 7.75. The van der Waals surface area contributed by atoms with Crippen molar-refractivity contribution in [1.82, 2.24) is 9.97 Å². The first-order valence-electron chi connectivity index (χ1n) is 7.94. The van der Waals surface area contributed by atoms with Gasteiger partial charge in [-0.1, -0.05) is 24.3 Å². The van der Waals surface area contributed by atoms with Crippen LogP contribution in [0.5, 0.6) is 0 Å². The van der Waals surface area contributed by atoms with Crippen molar-refractivity contribution in [2.45, 2.75) is 6.18 Å². The van der Waals surface area contributed by atoms with Crippen LogP contribution in [0.3, 0.4) is 0 Å². The molecular weight excluding hydrogens is 371 g/mol. The Morgan fingerprint density at radius 2 is 1.64 bits per heavy atom. The van der Waals surface area contributed by atoms with Gasteiger partial charge in [-0.3, -0.25) is 4.79 Å². The average Bonchev–Trinajstić information content (AvgIpc) is 2.68. The van der Waals surface area contributed by atoms with Crippen LogP contribution in [0.25, 0.3) is 0 Å². The number of rotatable bonds is 4. The Kier molecular flexibility index (Phi) is 5.22. The van der Waals surface area contributed by atoms with Gasteiger partial charge in [0.1, 0.15) is 17.6 Å². The van der Waals surface area contributed by atoms with Crippen LogP contribution in [0.2, 0.25) is 0 Å². The van der Waals surface area contributed by atoms with Gasteiger partial charge < -0.3 is 10.6 Å². The minimum atomic E-state index is -4.52. The molecule has 1 aromatic heterocycles. The second-order valence-corrected chi connectivity index (χ2v) is 5.57. The summed E-state index contributed by atoms with van der Waals surface area (Å²) in [4.78, 5) is 20.1. The fourth-order valence-corrected chi connectivity index (χ4v) is 2.36. The summed E-state index contributed by atoms with van der Waals surface area (Å²) < 4.78 is 39.1. The summed E-state index contributed by atoms with van der Waals surface area (Å²) in [5, 5.41) is 14.1. The zero-order chi connectivity index (χ0) is 20.1. The molecule has 0 fully saturated rings. The molecule has 9 heteroatoms. The molecule has 140 valence electrons. The van der Waals surface area contributed by atoms with Crippen LogP contribution >= 0.6 is 0 Å². The molecule has 0 saturated heterocycles. The number of carbonyl (C=O) groups is 1. The summed E-state index contributed by atoms with van der Waals surface area (Å²) in [6.45, 7) is 0. The quantitative estimate of drug-likeness (QED) is 0.698. The molecule has 3 aromatic rings. The number of anilines is 3. The van der Waals surface area contributed by atoms with E-state index in [1.165, 1.54) is 18.2 Å². The van der Waals surface area contributed by atoms with Gasteiger partial charge in [0.2, 0.25) is 0 Å². The Bertz CT molecular complexity index is 1040. The molecule has 0 bridgehead atoms. The third kappa shape index (κ3) is 4.24. The zero-order valence-corrected chi connectivity index (χ0v) is 14.2. The smallest absolute Gasteiger partial charge is 0.338 e. The number of halogens is 3. The lowest BCUT2D eigenvalue weighted by Gasteiger charge is -2.13. The van der Waals surface area contributed by atoms with Gasteiger partial charge in [0.05, 0.1) is 34.9 Å². The summed E-state index contributed by atoms with van der Waals surface area (Å²) in [5.41, 5.74) is -0.470. The van der Waals surface area contributed by atoms with Crippen LogP contribution in [0.1, 0.15) is 21.6 Å². The van der Waals surface area contributed by atoms with Crippen LogP contribution in [0.15, 0.2) is 60.9 Å². The first-order valence-corrected chi connectivity index (χ1v) is 7.94. The number of alkyl halides is 3. The minimum absolute atomic E-state index is 0.0469. The van der Waals surface area contributed by atoms with Crippen LogP contribution < -0.4 is 10.6 Å². The highest BCUT2D eigenvalue weighted by Gasteiger charge is 2.33. The van der Waals surface area contributed by atoms with Gasteiger partial charge in [0, 0.05) is 0 Å². The standard InChI is InChI=1S/C19H12F3N5O/c20-19(21,22)13-6-2-4-8-15(13)26-17-11-24-16(10-25-17)18(28)27-14-7-3-1-5-12(14)9-23/h1-8,10-11H,(H,25,26)(H,27,28). The third-order valence-electron chi connectivity index (χ3n) is 3.68. The van der Waals surface area contributed by atoms with Crippen molar-refractivity contribution < 1.29 is 18.0 Å². The van der Waals surface area contributed by atoms with Gasteiger partial charge >= 0.3 is 6.18 Å². The summed E-state index contributed by atoms with van der Waals surface area (Å²) in [7, 11) is 0. The number of nitrogens with zero attached hydrogens (tertiary/aromatic N) is 3. The molecule has 2 N–H and O–H groups in total. The number of benzene rings is 2. The molecular formula is C19H12F3N5O. The minimum Gasteiger partial charge on any atom is -0.338 e. The lowest BCUT2D eigenvalue weighted by Crippen LogP contribution is -2.15. The molecule has 0 saturated carbocycles. The Labute approximate surface area is 157 Å². The van der Waals surface area contributed by atoms with Crippen LogP contribution in [-0.2, 0) is 6.18 Å². The highest BCUT2D eigenvalue weighted by molar-refractivity contribution is 6.03. The number of amides is 1. The molecule has 6 nitrogen and oxygen atoms in total. The van der Waals surface area contributed by atoms with Gasteiger partial charge in [0.15, 0.2) is 0 Å². The Hall–Kier alpha value is -3.93. The van der Waals surface area contributed by atoms with E-state index in [4.69, 9.17) is 5.26 Å². The van der Waals surface area contributed by atoms with Gasteiger partial charge in [-0.2, -0.15) is 18.4 Å². The van der Waals surface area contributed by atoms with E-state index < -0.39 is 17.6 Å². The fraction of sp³-hybridized carbons (Fsp3) is 0.0526. The maximum atomic E-state index is 13.0. The first kappa shape index (κ1) is 18.8. The summed E-state index contributed by atoms with van der Waals surface area (Å²) >= 11 is 0. The Morgan fingerprint density at radius 3 is 2.29 bits per heavy atom. The van der Waals surface area contributed by atoms with E-state index in [9.17, 15) is 18.0 Å². The average molecular weight is 383 g/mol. The van der Waals surface area contributed by atoms with Crippen molar-refractivity contribution >= 4 is 23.1 Å². The summed E-state index contributed by atoms with van der Waals surface area (Å²) in [5.74, 6) is -0.553. The molecule has 1 amide bonds. The lowest BCUT2D eigenvalue weighted by molar-refractivity contribution is -0.136. The number of aromatic nitrogens is 2. The number of carbonyl (C=O) groups excluding carboxylic acids is 1. The van der Waals surface area contributed by atoms with Gasteiger partial charge in [-0.25, -0.2) is 9.97 Å². The molecule has 0 radical (unpaired) electrons. The normalized spacial score (nSPS) is 10.8. The molecule has 0 spiro atoms. The molecule has 0 aliphatic carbocycles. The van der Waals surface area contributed by atoms with E-state index in [1.54, 1.807) is 24.3 Å². The predicted molar refractivity (Wildman–Crippen MR) is 95.9 cm³/mol. The SMILES string of the molecule is N#Cc1ccccc1NC(=O)c1cnc(Nc2ccccc2C(F)(F)F)cn1. The van der Waals surface area contributed by atoms with Crippen LogP contribution in [-0.4, -0.2) is 15.9 Å². The monoisotopic (exact) mass is 383 g/mol. The lowest BCUT2D eigenvalue weighted by atomic mass is 10.1. The molecule has 0 aliphatic rings. The Morgan fingerprint density at radius 1 is 0.964 bits per heavy atom. The predicted octanol–water partition coefficient (Wildman–Crippen LogP) is 4.36. The van der Waals surface area contributed by atoms with E-state index in [0.717, 1.165) is 18.5 Å². The van der Waals surface area contributed by atoms with Crippen LogP contribution in [0.4, 0.5) is 30.4 Å². The molecule has 0 aliphatic heterocycles. The number of hydrogen-bond donors (Lipinski definition) is 2. The van der Waals surface area contributed by atoms with Crippen molar-refractivity contribution in [3.63, 3.8) is 0 Å². The molecule has 0 atom stereocenters. The summed E-state index contributed by atoms with van der Waals surface area (Å²) in [6, 6.07) is 13.3. The van der Waals surface area contributed by atoms with Gasteiger partial charge in [-0.05, 0) is 24.3 Å². The zero-order valence-electron chi connectivity index (χ0n) is 14.2. The highest BCUT2D eigenvalue weighted by Crippen LogP contribution is 2.35. The van der Waals surface area contributed by atoms with Crippen molar-refractivity contribution in [3.05, 3.63) is 77.7 Å². The fourth-order valence-electron chi connectivity index (χ4n) is 2.36. The highest BCUT2D eigenvalue weighted by atomic mass is 19.4. The first-order chi connectivity index (χ1) is 13.4. The van der Waals surface area contributed by atoms with Crippen LogP contribution in [0, 0.1) is 11.3 Å². The van der Waals surface area contributed by atoms with Crippen molar-refractivity contribution in [1.29, 1.82) is 5.26 Å². The molecule has 28 heavy (non-hydrogen) atoms. The van der Waals surface area contributed by atoms with E-state index in [-0.39, 0.29) is 22.8 Å². The Balaban J connectivity index is 1.76. The number of para-hydroxylation sites is 2. The van der Waals surface area contributed by atoms with E-state index in [1.807, 2.05) is 6.07 Å². The molecule has 2 aromatic carbocycles. The maximum Gasteiger partial charge on any atom is 0.418 e. The summed E-state index contributed by atoms with van der Waals surface area (Å²) in [6.07, 6.45) is -2.24. The number of hydrogen-bond acceptors (Lipinski definition) is 5.